The van der Waals surface area contributed by atoms with Gasteiger partial charge in [-0.3, -0.25) is 4.57 Å². The summed E-state index contributed by atoms with van der Waals surface area (Å²) in [7, 11) is 0. The Balaban J connectivity index is 2.45. The van der Waals surface area contributed by atoms with Crippen LogP contribution < -0.4 is 0 Å². The van der Waals surface area contributed by atoms with Crippen LogP contribution in [0, 0.1) is 0 Å². The molecule has 1 unspecified atom stereocenters. The summed E-state index contributed by atoms with van der Waals surface area (Å²) in [6.07, 6.45) is 1.09. The Bertz CT molecular complexity index is 313. The van der Waals surface area contributed by atoms with E-state index < -0.39 is 6.72 Å². The van der Waals surface area contributed by atoms with Crippen molar-refractivity contribution in [1.29, 1.82) is 0 Å². The van der Waals surface area contributed by atoms with Crippen molar-refractivity contribution in [2.75, 3.05) is 12.8 Å². The molecule has 1 aromatic rings. The first-order chi connectivity index (χ1) is 6.64. The third kappa shape index (κ3) is 4.28. The topological polar surface area (TPSA) is 26.3 Å². The lowest BCUT2D eigenvalue weighted by atomic mass is 10.2. The normalized spacial score (nSPS) is 15.0. The molecule has 0 aromatic heterocycles. The molecule has 1 atom stereocenters. The van der Waals surface area contributed by atoms with Crippen LogP contribution in [0.25, 0.3) is 0 Å². The van der Waals surface area contributed by atoms with E-state index >= 15 is 0 Å². The Labute approximate surface area is 89.5 Å². The van der Waals surface area contributed by atoms with Crippen LogP contribution in [0.15, 0.2) is 30.3 Å². The van der Waals surface area contributed by atoms with E-state index in [2.05, 4.69) is 0 Å². The maximum absolute atomic E-state index is 11.5. The summed E-state index contributed by atoms with van der Waals surface area (Å²) in [4.78, 5) is 0. The largest absolute Gasteiger partial charge is 0.318 e. The summed E-state index contributed by atoms with van der Waals surface area (Å²) in [5.74, 6) is 0. The van der Waals surface area contributed by atoms with Crippen LogP contribution in [0.4, 0.5) is 0 Å². The van der Waals surface area contributed by atoms with Crippen LogP contribution >= 0.6 is 18.0 Å². The molecule has 0 aliphatic carbocycles. The highest BCUT2D eigenvalue weighted by Gasteiger charge is 2.17. The molecule has 0 aliphatic heterocycles. The lowest BCUT2D eigenvalue weighted by molar-refractivity contribution is 0.345. The Morgan fingerprint density at radius 3 is 2.57 bits per heavy atom. The molecular formula is C10H14ClO2P. The molecule has 0 fully saturated rings. The molecule has 14 heavy (non-hydrogen) atoms. The van der Waals surface area contributed by atoms with Gasteiger partial charge in [-0.15, -0.1) is 0 Å². The van der Waals surface area contributed by atoms with Gasteiger partial charge in [-0.2, -0.15) is 0 Å². The molecule has 78 valence electrons. The highest BCUT2D eigenvalue weighted by molar-refractivity contribution is 7.85. The standard InChI is InChI=1S/C10H14ClO2P/c1-2-13-14(11,12)9-8-10-6-4-3-5-7-10/h3-7H,2,8-9H2,1H3. The third-order valence-electron chi connectivity index (χ3n) is 1.83. The third-order valence-corrected chi connectivity index (χ3v) is 4.03. The average Bonchev–Trinajstić information content (AvgIpc) is 2.17. The summed E-state index contributed by atoms with van der Waals surface area (Å²) in [5, 5.41) is 0. The summed E-state index contributed by atoms with van der Waals surface area (Å²) >= 11 is 5.72. The maximum atomic E-state index is 11.5. The van der Waals surface area contributed by atoms with Gasteiger partial charge >= 0.3 is 0 Å². The Morgan fingerprint density at radius 1 is 1.36 bits per heavy atom. The monoisotopic (exact) mass is 232 g/mol. The lowest BCUT2D eigenvalue weighted by Crippen LogP contribution is -1.94. The lowest BCUT2D eigenvalue weighted by Gasteiger charge is -2.09. The van der Waals surface area contributed by atoms with Gasteiger partial charge < -0.3 is 4.52 Å². The predicted molar refractivity (Wildman–Crippen MR) is 60.1 cm³/mol. The van der Waals surface area contributed by atoms with Crippen molar-refractivity contribution in [3.05, 3.63) is 35.9 Å². The van der Waals surface area contributed by atoms with Gasteiger partial charge in [0.25, 0.3) is 6.72 Å². The molecule has 4 heteroatoms. The second-order valence-electron chi connectivity index (χ2n) is 2.97. The van der Waals surface area contributed by atoms with Crippen LogP contribution in [-0.2, 0) is 15.5 Å². The fourth-order valence-electron chi connectivity index (χ4n) is 1.16. The minimum atomic E-state index is -2.89. The molecule has 0 bridgehead atoms. The minimum Gasteiger partial charge on any atom is -0.318 e. The molecule has 0 N–H and O–H groups in total. The Morgan fingerprint density at radius 2 is 2.00 bits per heavy atom. The summed E-state index contributed by atoms with van der Waals surface area (Å²) in [6, 6.07) is 9.84. The van der Waals surface area contributed by atoms with Crippen molar-refractivity contribution in [2.24, 2.45) is 0 Å². The van der Waals surface area contributed by atoms with Crippen LogP contribution in [0.3, 0.4) is 0 Å². The van der Waals surface area contributed by atoms with E-state index in [1.54, 1.807) is 6.92 Å². The molecule has 0 saturated carbocycles. The van der Waals surface area contributed by atoms with Crippen LogP contribution in [0.1, 0.15) is 12.5 Å². The summed E-state index contributed by atoms with van der Waals surface area (Å²) in [5.41, 5.74) is 1.13. The zero-order chi connectivity index (χ0) is 10.4. The highest BCUT2D eigenvalue weighted by Crippen LogP contribution is 2.52. The predicted octanol–water partition coefficient (Wildman–Crippen LogP) is 3.70. The van der Waals surface area contributed by atoms with Crippen LogP contribution in [0.5, 0.6) is 0 Å². The van der Waals surface area contributed by atoms with E-state index in [1.165, 1.54) is 0 Å². The fourth-order valence-corrected chi connectivity index (χ4v) is 2.75. The molecule has 0 saturated heterocycles. The van der Waals surface area contributed by atoms with Crippen molar-refractivity contribution in [3.8, 4) is 0 Å². The van der Waals surface area contributed by atoms with Gasteiger partial charge in [0.1, 0.15) is 0 Å². The molecular weight excluding hydrogens is 219 g/mol. The quantitative estimate of drug-likeness (QED) is 0.724. The van der Waals surface area contributed by atoms with E-state index in [0.29, 0.717) is 19.2 Å². The number of aryl methyl sites for hydroxylation is 1. The zero-order valence-electron chi connectivity index (χ0n) is 8.15. The molecule has 0 heterocycles. The molecule has 0 aliphatic rings. The molecule has 0 spiro atoms. The van der Waals surface area contributed by atoms with Crippen molar-refractivity contribution < 1.29 is 9.09 Å². The summed E-state index contributed by atoms with van der Waals surface area (Å²) < 4.78 is 16.5. The smallest absolute Gasteiger partial charge is 0.290 e. The van der Waals surface area contributed by atoms with E-state index in [1.807, 2.05) is 30.3 Å². The number of hydrogen-bond donors (Lipinski definition) is 0. The van der Waals surface area contributed by atoms with E-state index in [-0.39, 0.29) is 0 Å². The number of benzene rings is 1. The van der Waals surface area contributed by atoms with Gasteiger partial charge in [0, 0.05) is 6.16 Å². The first kappa shape index (κ1) is 11.8. The van der Waals surface area contributed by atoms with Gasteiger partial charge in [0.05, 0.1) is 6.61 Å². The average molecular weight is 233 g/mol. The second kappa shape index (κ2) is 5.55. The fraction of sp³-hybridized carbons (Fsp3) is 0.400. The SMILES string of the molecule is CCOP(=O)(Cl)CCc1ccccc1. The first-order valence-corrected chi connectivity index (χ1v) is 7.33. The van der Waals surface area contributed by atoms with Crippen LogP contribution in [0.2, 0.25) is 0 Å². The maximum Gasteiger partial charge on any atom is 0.290 e. The van der Waals surface area contributed by atoms with Gasteiger partial charge in [0.15, 0.2) is 0 Å². The number of rotatable bonds is 5. The molecule has 2 nitrogen and oxygen atoms in total. The molecule has 1 rings (SSSR count). The van der Waals surface area contributed by atoms with E-state index in [9.17, 15) is 4.57 Å². The number of hydrogen-bond acceptors (Lipinski definition) is 2. The highest BCUT2D eigenvalue weighted by atomic mass is 35.7. The number of halogens is 1. The van der Waals surface area contributed by atoms with Crippen molar-refractivity contribution in [1.82, 2.24) is 0 Å². The minimum absolute atomic E-state index is 0.395. The van der Waals surface area contributed by atoms with Crippen molar-refractivity contribution in [2.45, 2.75) is 13.3 Å². The Kier molecular flexibility index (Phi) is 4.67. The van der Waals surface area contributed by atoms with Gasteiger partial charge in [-0.05, 0) is 30.1 Å². The first-order valence-electron chi connectivity index (χ1n) is 4.61. The van der Waals surface area contributed by atoms with Crippen LogP contribution in [-0.4, -0.2) is 12.8 Å². The van der Waals surface area contributed by atoms with E-state index in [0.717, 1.165) is 5.56 Å². The van der Waals surface area contributed by atoms with Gasteiger partial charge in [0.2, 0.25) is 0 Å². The molecule has 0 amide bonds. The van der Waals surface area contributed by atoms with Gasteiger partial charge in [-0.1, -0.05) is 30.3 Å². The van der Waals surface area contributed by atoms with Crippen molar-refractivity contribution >= 4 is 18.0 Å². The Hall–Kier alpha value is -0.300. The summed E-state index contributed by atoms with van der Waals surface area (Å²) in [6.45, 7) is -0.698. The van der Waals surface area contributed by atoms with Crippen molar-refractivity contribution in [3.63, 3.8) is 0 Å². The zero-order valence-corrected chi connectivity index (χ0v) is 9.80. The van der Waals surface area contributed by atoms with E-state index in [4.69, 9.17) is 15.8 Å². The molecule has 0 radical (unpaired) electrons. The van der Waals surface area contributed by atoms with Gasteiger partial charge in [-0.25, -0.2) is 0 Å². The molecule has 1 aromatic carbocycles. The second-order valence-corrected chi connectivity index (χ2v) is 6.40.